The van der Waals surface area contributed by atoms with Gasteiger partial charge in [0.1, 0.15) is 11.4 Å². The SMILES string of the molecule is COc1ccc(C(O)CNC(=O)c2cccn2C2CCCC2)cc1. The molecule has 1 unspecified atom stereocenters. The molecule has 0 radical (unpaired) electrons. The fourth-order valence-corrected chi connectivity index (χ4v) is 3.31. The molecule has 1 fully saturated rings. The predicted octanol–water partition coefficient (Wildman–Crippen LogP) is 3.08. The van der Waals surface area contributed by atoms with E-state index >= 15 is 0 Å². The normalized spacial score (nSPS) is 16.1. The number of benzene rings is 1. The van der Waals surface area contributed by atoms with Crippen molar-refractivity contribution in [2.24, 2.45) is 0 Å². The van der Waals surface area contributed by atoms with E-state index in [-0.39, 0.29) is 12.5 Å². The van der Waals surface area contributed by atoms with Gasteiger partial charge in [-0.25, -0.2) is 0 Å². The molecule has 0 spiro atoms. The van der Waals surface area contributed by atoms with Gasteiger partial charge >= 0.3 is 0 Å². The number of aliphatic hydroxyl groups is 1. The average molecular weight is 328 g/mol. The Labute approximate surface area is 142 Å². The Bertz CT molecular complexity index is 672. The highest BCUT2D eigenvalue weighted by Crippen LogP contribution is 2.30. The van der Waals surface area contributed by atoms with Gasteiger partial charge in [-0.3, -0.25) is 4.79 Å². The second-order valence-electron chi connectivity index (χ2n) is 6.24. The summed E-state index contributed by atoms with van der Waals surface area (Å²) in [5, 5.41) is 13.1. The van der Waals surface area contributed by atoms with E-state index in [0.717, 1.165) is 24.2 Å². The van der Waals surface area contributed by atoms with Crippen LogP contribution in [-0.2, 0) is 0 Å². The van der Waals surface area contributed by atoms with Crippen LogP contribution in [0.5, 0.6) is 5.75 Å². The van der Waals surface area contributed by atoms with Crippen LogP contribution in [0, 0.1) is 0 Å². The van der Waals surface area contributed by atoms with Crippen LogP contribution in [0.15, 0.2) is 42.6 Å². The number of carbonyl (C=O) groups excluding carboxylic acids is 1. The molecule has 1 heterocycles. The van der Waals surface area contributed by atoms with Crippen LogP contribution in [0.3, 0.4) is 0 Å². The van der Waals surface area contributed by atoms with Gasteiger partial charge in [0.2, 0.25) is 0 Å². The molecule has 24 heavy (non-hydrogen) atoms. The van der Waals surface area contributed by atoms with Crippen molar-refractivity contribution in [1.82, 2.24) is 9.88 Å². The van der Waals surface area contributed by atoms with Gasteiger partial charge in [0.15, 0.2) is 0 Å². The van der Waals surface area contributed by atoms with Crippen molar-refractivity contribution < 1.29 is 14.6 Å². The van der Waals surface area contributed by atoms with Crippen LogP contribution < -0.4 is 10.1 Å². The number of rotatable bonds is 6. The number of aliphatic hydroxyl groups excluding tert-OH is 1. The highest BCUT2D eigenvalue weighted by molar-refractivity contribution is 5.92. The van der Waals surface area contributed by atoms with Gasteiger partial charge in [0.05, 0.1) is 13.2 Å². The summed E-state index contributed by atoms with van der Waals surface area (Å²) in [6, 6.07) is 11.4. The number of nitrogens with zero attached hydrogens (tertiary/aromatic N) is 1. The molecule has 1 atom stereocenters. The number of aromatic nitrogens is 1. The van der Waals surface area contributed by atoms with Gasteiger partial charge in [-0.2, -0.15) is 0 Å². The van der Waals surface area contributed by atoms with E-state index in [0.29, 0.717) is 11.7 Å². The molecule has 1 aromatic heterocycles. The predicted molar refractivity (Wildman–Crippen MR) is 92.2 cm³/mol. The molecule has 128 valence electrons. The highest BCUT2D eigenvalue weighted by atomic mass is 16.5. The Morgan fingerprint density at radius 2 is 2.00 bits per heavy atom. The second kappa shape index (κ2) is 7.53. The van der Waals surface area contributed by atoms with Crippen LogP contribution in [0.2, 0.25) is 0 Å². The quantitative estimate of drug-likeness (QED) is 0.856. The fraction of sp³-hybridized carbons (Fsp3) is 0.421. The average Bonchev–Trinajstić information content (AvgIpc) is 3.30. The summed E-state index contributed by atoms with van der Waals surface area (Å²) in [7, 11) is 1.60. The first kappa shape index (κ1) is 16.6. The minimum Gasteiger partial charge on any atom is -0.497 e. The van der Waals surface area contributed by atoms with Crippen LogP contribution in [0.1, 0.15) is 53.9 Å². The van der Waals surface area contributed by atoms with Crippen molar-refractivity contribution in [2.45, 2.75) is 37.8 Å². The number of hydrogen-bond acceptors (Lipinski definition) is 3. The lowest BCUT2D eigenvalue weighted by molar-refractivity contribution is 0.0905. The zero-order valence-electron chi connectivity index (χ0n) is 13.9. The van der Waals surface area contributed by atoms with E-state index in [2.05, 4.69) is 9.88 Å². The third-order valence-corrected chi connectivity index (χ3v) is 4.69. The van der Waals surface area contributed by atoms with Crippen molar-refractivity contribution in [3.05, 3.63) is 53.9 Å². The summed E-state index contributed by atoms with van der Waals surface area (Å²) in [5.41, 5.74) is 1.42. The van der Waals surface area contributed by atoms with E-state index in [1.54, 1.807) is 31.4 Å². The number of carbonyl (C=O) groups is 1. The Morgan fingerprint density at radius 1 is 1.29 bits per heavy atom. The number of amides is 1. The van der Waals surface area contributed by atoms with Gasteiger partial charge in [-0.05, 0) is 42.7 Å². The largest absolute Gasteiger partial charge is 0.497 e. The molecule has 0 aliphatic heterocycles. The Kier molecular flexibility index (Phi) is 5.20. The van der Waals surface area contributed by atoms with Gasteiger partial charge in [0.25, 0.3) is 5.91 Å². The molecule has 1 aliphatic carbocycles. The summed E-state index contributed by atoms with van der Waals surface area (Å²) in [5.74, 6) is 0.601. The van der Waals surface area contributed by atoms with Crippen LogP contribution in [0.4, 0.5) is 0 Å². The van der Waals surface area contributed by atoms with Crippen molar-refractivity contribution in [3.63, 3.8) is 0 Å². The monoisotopic (exact) mass is 328 g/mol. The molecule has 0 bridgehead atoms. The first-order valence-electron chi connectivity index (χ1n) is 8.46. The van der Waals surface area contributed by atoms with E-state index in [9.17, 15) is 9.90 Å². The third kappa shape index (κ3) is 3.62. The molecular formula is C19H24N2O3. The summed E-state index contributed by atoms with van der Waals surface area (Å²) in [4.78, 5) is 12.5. The van der Waals surface area contributed by atoms with E-state index in [1.807, 2.05) is 18.3 Å². The summed E-state index contributed by atoms with van der Waals surface area (Å²) < 4.78 is 7.18. The number of ether oxygens (including phenoxy) is 1. The first-order chi connectivity index (χ1) is 11.7. The van der Waals surface area contributed by atoms with Crippen molar-refractivity contribution in [3.8, 4) is 5.75 Å². The second-order valence-corrected chi connectivity index (χ2v) is 6.24. The lowest BCUT2D eigenvalue weighted by atomic mass is 10.1. The lowest BCUT2D eigenvalue weighted by Crippen LogP contribution is -2.30. The van der Waals surface area contributed by atoms with Crippen LogP contribution >= 0.6 is 0 Å². The zero-order chi connectivity index (χ0) is 16.9. The van der Waals surface area contributed by atoms with Gasteiger partial charge in [-0.15, -0.1) is 0 Å². The molecule has 1 amide bonds. The van der Waals surface area contributed by atoms with E-state index in [1.165, 1.54) is 12.8 Å². The molecule has 2 N–H and O–H groups in total. The molecule has 1 saturated carbocycles. The van der Waals surface area contributed by atoms with Gasteiger partial charge in [0, 0.05) is 18.8 Å². The maximum absolute atomic E-state index is 12.5. The zero-order valence-corrected chi connectivity index (χ0v) is 13.9. The minimum absolute atomic E-state index is 0.139. The summed E-state index contributed by atoms with van der Waals surface area (Å²) >= 11 is 0. The molecule has 1 aromatic carbocycles. The van der Waals surface area contributed by atoms with Crippen molar-refractivity contribution in [2.75, 3.05) is 13.7 Å². The Balaban J connectivity index is 1.59. The third-order valence-electron chi connectivity index (χ3n) is 4.69. The fourth-order valence-electron chi connectivity index (χ4n) is 3.31. The number of methoxy groups -OCH3 is 1. The molecule has 5 heteroatoms. The van der Waals surface area contributed by atoms with Gasteiger partial charge < -0.3 is 19.7 Å². The van der Waals surface area contributed by atoms with Crippen LogP contribution in [-0.4, -0.2) is 29.2 Å². The number of hydrogen-bond donors (Lipinski definition) is 2. The van der Waals surface area contributed by atoms with Crippen molar-refractivity contribution >= 4 is 5.91 Å². The Morgan fingerprint density at radius 3 is 2.67 bits per heavy atom. The van der Waals surface area contributed by atoms with E-state index in [4.69, 9.17) is 4.74 Å². The maximum Gasteiger partial charge on any atom is 0.268 e. The smallest absolute Gasteiger partial charge is 0.268 e. The molecule has 2 aromatic rings. The molecule has 0 saturated heterocycles. The minimum atomic E-state index is -0.741. The number of nitrogens with one attached hydrogen (secondary N) is 1. The highest BCUT2D eigenvalue weighted by Gasteiger charge is 2.21. The summed E-state index contributed by atoms with van der Waals surface area (Å²) in [6.07, 6.45) is 5.94. The van der Waals surface area contributed by atoms with Gasteiger partial charge in [-0.1, -0.05) is 25.0 Å². The topological polar surface area (TPSA) is 63.5 Å². The molecule has 3 rings (SSSR count). The molecule has 1 aliphatic rings. The van der Waals surface area contributed by atoms with Crippen LogP contribution in [0.25, 0.3) is 0 Å². The maximum atomic E-state index is 12.5. The first-order valence-corrected chi connectivity index (χ1v) is 8.46. The van der Waals surface area contributed by atoms with Crippen molar-refractivity contribution in [1.29, 1.82) is 0 Å². The Hall–Kier alpha value is -2.27. The lowest BCUT2D eigenvalue weighted by Gasteiger charge is -2.17. The molecule has 5 nitrogen and oxygen atoms in total. The van der Waals surface area contributed by atoms with E-state index < -0.39 is 6.10 Å². The summed E-state index contributed by atoms with van der Waals surface area (Å²) in [6.45, 7) is 0.182. The standard InChI is InChI=1S/C19H24N2O3/c1-24-16-10-8-14(9-11-16)18(22)13-20-19(23)17-7-4-12-21(17)15-5-2-3-6-15/h4,7-12,15,18,22H,2-3,5-6,13H2,1H3,(H,20,23). The molecular weight excluding hydrogens is 304 g/mol.